The summed E-state index contributed by atoms with van der Waals surface area (Å²) in [6, 6.07) is 10.1. The van der Waals surface area contributed by atoms with Crippen molar-refractivity contribution < 1.29 is 28.7 Å². The average molecular weight is 435 g/mol. The zero-order chi connectivity index (χ0) is 22.2. The van der Waals surface area contributed by atoms with Crippen molar-refractivity contribution in [1.29, 1.82) is 0 Å². The number of piperidine rings is 1. The van der Waals surface area contributed by atoms with Crippen LogP contribution < -0.4 is 15.4 Å². The second kappa shape index (κ2) is 7.99. The Kier molecular flexibility index (Phi) is 5.01. The number of benzene rings is 2. The highest BCUT2D eigenvalue weighted by Gasteiger charge is 2.39. The Labute approximate surface area is 183 Å². The Bertz CT molecular complexity index is 1140. The number of imide groups is 1. The first-order valence-electron chi connectivity index (χ1n) is 10.4. The van der Waals surface area contributed by atoms with Gasteiger partial charge in [0.25, 0.3) is 5.91 Å². The Morgan fingerprint density at radius 3 is 2.84 bits per heavy atom. The molecule has 3 aliphatic heterocycles. The first-order valence-corrected chi connectivity index (χ1v) is 10.4. The molecular weight excluding hydrogens is 414 g/mol. The van der Waals surface area contributed by atoms with E-state index in [4.69, 9.17) is 9.47 Å². The number of hydrogen-bond acceptors (Lipinski definition) is 6. The molecule has 2 aromatic rings. The monoisotopic (exact) mass is 435 g/mol. The van der Waals surface area contributed by atoms with Crippen LogP contribution in [-0.2, 0) is 33.9 Å². The number of rotatable bonds is 4. The van der Waals surface area contributed by atoms with Gasteiger partial charge in [0.05, 0.1) is 6.61 Å². The molecule has 32 heavy (non-hydrogen) atoms. The minimum atomic E-state index is -0.657. The van der Waals surface area contributed by atoms with Gasteiger partial charge >= 0.3 is 6.09 Å². The molecule has 4 amide bonds. The van der Waals surface area contributed by atoms with Crippen LogP contribution in [0, 0.1) is 0 Å². The van der Waals surface area contributed by atoms with E-state index in [9.17, 15) is 19.2 Å². The summed E-state index contributed by atoms with van der Waals surface area (Å²) in [5.74, 6) is -0.193. The van der Waals surface area contributed by atoms with E-state index in [1.165, 1.54) is 4.90 Å². The lowest BCUT2D eigenvalue weighted by atomic mass is 10.0. The van der Waals surface area contributed by atoms with Gasteiger partial charge in [-0.25, -0.2) is 4.79 Å². The fraction of sp³-hybridized carbons (Fsp3) is 0.304. The maximum Gasteiger partial charge on any atom is 0.411 e. The molecule has 3 aliphatic rings. The van der Waals surface area contributed by atoms with Crippen molar-refractivity contribution in [3.63, 3.8) is 0 Å². The summed E-state index contributed by atoms with van der Waals surface area (Å²) in [4.78, 5) is 50.1. The molecule has 9 heteroatoms. The molecule has 0 aromatic heterocycles. The van der Waals surface area contributed by atoms with Crippen molar-refractivity contribution in [3.8, 4) is 5.75 Å². The third-order valence-corrected chi connectivity index (χ3v) is 5.90. The first kappa shape index (κ1) is 20.0. The second-order valence-electron chi connectivity index (χ2n) is 8.01. The summed E-state index contributed by atoms with van der Waals surface area (Å²) < 4.78 is 10.8. The zero-order valence-corrected chi connectivity index (χ0v) is 17.2. The molecule has 3 heterocycles. The number of ether oxygens (including phenoxy) is 2. The number of carbonyl (C=O) groups excluding carboxylic acids is 4. The van der Waals surface area contributed by atoms with Gasteiger partial charge in [0.1, 0.15) is 18.4 Å². The molecule has 1 saturated heterocycles. The first-order chi connectivity index (χ1) is 15.5. The standard InChI is InChI=1S/C23H21N3O6/c27-20-6-4-18(21(28)25-20)26-11-15-2-1-13(9-17(15)22(26)29)12-32-23(30)24-16-3-5-19-14(10-16)7-8-31-19/h1-3,5,9-10,18H,4,6-8,11-12H2,(H,24,30)(H,25,27,28). The van der Waals surface area contributed by atoms with Crippen molar-refractivity contribution in [3.05, 3.63) is 58.7 Å². The van der Waals surface area contributed by atoms with Crippen LogP contribution >= 0.6 is 0 Å². The van der Waals surface area contributed by atoms with Gasteiger partial charge in [-0.15, -0.1) is 0 Å². The molecule has 1 unspecified atom stereocenters. The molecule has 0 radical (unpaired) electrons. The quantitative estimate of drug-likeness (QED) is 0.712. The number of carbonyl (C=O) groups is 4. The topological polar surface area (TPSA) is 114 Å². The van der Waals surface area contributed by atoms with Crippen LogP contribution in [0.4, 0.5) is 10.5 Å². The number of hydrogen-bond donors (Lipinski definition) is 2. The minimum Gasteiger partial charge on any atom is -0.493 e. The predicted molar refractivity (Wildman–Crippen MR) is 112 cm³/mol. The third kappa shape index (κ3) is 3.77. The van der Waals surface area contributed by atoms with Crippen LogP contribution in [-0.4, -0.2) is 41.4 Å². The van der Waals surface area contributed by atoms with Crippen molar-refractivity contribution in [1.82, 2.24) is 10.2 Å². The highest BCUT2D eigenvalue weighted by molar-refractivity contribution is 6.05. The Balaban J connectivity index is 1.20. The normalized spacial score (nSPS) is 19.2. The maximum atomic E-state index is 12.9. The van der Waals surface area contributed by atoms with Crippen LogP contribution in [0.3, 0.4) is 0 Å². The van der Waals surface area contributed by atoms with Crippen molar-refractivity contribution in [2.75, 3.05) is 11.9 Å². The van der Waals surface area contributed by atoms with Gasteiger partial charge in [0.2, 0.25) is 11.8 Å². The summed E-state index contributed by atoms with van der Waals surface area (Å²) in [6.45, 7) is 0.949. The van der Waals surface area contributed by atoms with E-state index in [1.54, 1.807) is 24.3 Å². The highest BCUT2D eigenvalue weighted by atomic mass is 16.5. The number of nitrogens with one attached hydrogen (secondary N) is 2. The largest absolute Gasteiger partial charge is 0.493 e. The van der Waals surface area contributed by atoms with E-state index >= 15 is 0 Å². The van der Waals surface area contributed by atoms with Gasteiger partial charge in [-0.3, -0.25) is 25.0 Å². The molecular formula is C23H21N3O6. The Morgan fingerprint density at radius 1 is 1.12 bits per heavy atom. The summed E-state index contributed by atoms with van der Waals surface area (Å²) in [7, 11) is 0. The molecule has 2 aromatic carbocycles. The van der Waals surface area contributed by atoms with E-state index in [1.807, 2.05) is 12.1 Å². The van der Waals surface area contributed by atoms with Gasteiger partial charge in [0.15, 0.2) is 0 Å². The van der Waals surface area contributed by atoms with E-state index in [2.05, 4.69) is 10.6 Å². The van der Waals surface area contributed by atoms with E-state index < -0.39 is 18.0 Å². The fourth-order valence-corrected chi connectivity index (χ4v) is 4.26. The molecule has 1 atom stereocenters. The van der Waals surface area contributed by atoms with Crippen molar-refractivity contribution in [2.24, 2.45) is 0 Å². The second-order valence-corrected chi connectivity index (χ2v) is 8.01. The smallest absolute Gasteiger partial charge is 0.411 e. The van der Waals surface area contributed by atoms with Gasteiger partial charge in [0, 0.05) is 30.6 Å². The zero-order valence-electron chi connectivity index (χ0n) is 17.2. The minimum absolute atomic E-state index is 0.00113. The van der Waals surface area contributed by atoms with E-state index in [-0.39, 0.29) is 24.8 Å². The fourth-order valence-electron chi connectivity index (χ4n) is 4.26. The summed E-state index contributed by atoms with van der Waals surface area (Å²) >= 11 is 0. The summed E-state index contributed by atoms with van der Waals surface area (Å²) in [6.07, 6.45) is 0.733. The number of nitrogens with zero attached hydrogens (tertiary/aromatic N) is 1. The molecule has 0 saturated carbocycles. The molecule has 164 valence electrons. The third-order valence-electron chi connectivity index (χ3n) is 5.90. The Hall–Kier alpha value is -3.88. The number of anilines is 1. The SMILES string of the molecule is O=C1CCC(N2Cc3ccc(COC(=O)Nc4ccc5c(c4)CCO5)cc3C2=O)C(=O)N1. The molecule has 0 bridgehead atoms. The molecule has 5 rings (SSSR count). The van der Waals surface area contributed by atoms with Crippen LogP contribution in [0.5, 0.6) is 5.75 Å². The lowest BCUT2D eigenvalue weighted by molar-refractivity contribution is -0.136. The van der Waals surface area contributed by atoms with Gasteiger partial charge in [-0.1, -0.05) is 12.1 Å². The molecule has 1 fully saturated rings. The molecule has 0 aliphatic carbocycles. The summed E-state index contributed by atoms with van der Waals surface area (Å²) in [5.41, 5.74) is 3.62. The highest BCUT2D eigenvalue weighted by Crippen LogP contribution is 2.29. The predicted octanol–water partition coefficient (Wildman–Crippen LogP) is 2.13. The molecule has 2 N–H and O–H groups in total. The molecule has 0 spiro atoms. The molecule has 9 nitrogen and oxygen atoms in total. The van der Waals surface area contributed by atoms with Crippen LogP contribution in [0.1, 0.15) is 39.9 Å². The summed E-state index contributed by atoms with van der Waals surface area (Å²) in [5, 5.41) is 4.99. The number of fused-ring (bicyclic) bond motifs is 2. The van der Waals surface area contributed by atoms with E-state index in [0.29, 0.717) is 36.4 Å². The van der Waals surface area contributed by atoms with Gasteiger partial charge in [-0.2, -0.15) is 0 Å². The van der Waals surface area contributed by atoms with Gasteiger partial charge < -0.3 is 14.4 Å². The lowest BCUT2D eigenvalue weighted by Crippen LogP contribution is -2.52. The van der Waals surface area contributed by atoms with E-state index in [0.717, 1.165) is 23.3 Å². The van der Waals surface area contributed by atoms with Crippen LogP contribution in [0.15, 0.2) is 36.4 Å². The van der Waals surface area contributed by atoms with Crippen LogP contribution in [0.25, 0.3) is 0 Å². The lowest BCUT2D eigenvalue weighted by Gasteiger charge is -2.29. The maximum absolute atomic E-state index is 12.9. The van der Waals surface area contributed by atoms with Gasteiger partial charge in [-0.05, 0) is 47.4 Å². The average Bonchev–Trinajstić information content (AvgIpc) is 3.36. The Morgan fingerprint density at radius 2 is 2.00 bits per heavy atom. The van der Waals surface area contributed by atoms with Crippen LogP contribution in [0.2, 0.25) is 0 Å². The number of amides is 4. The van der Waals surface area contributed by atoms with Crippen molar-refractivity contribution in [2.45, 2.75) is 38.5 Å². The van der Waals surface area contributed by atoms with Crippen molar-refractivity contribution >= 4 is 29.5 Å².